The molecule has 0 saturated carbocycles. The van der Waals surface area contributed by atoms with E-state index in [1.165, 1.54) is 0 Å². The van der Waals surface area contributed by atoms with E-state index in [-0.39, 0.29) is 0 Å². The molecule has 1 heterocycles. The first kappa shape index (κ1) is 22.0. The number of nitrogens with zero attached hydrogens (tertiary/aromatic N) is 2. The summed E-state index contributed by atoms with van der Waals surface area (Å²) in [5.41, 5.74) is 6.33. The molecule has 2 rings (SSSR count). The largest absolute Gasteiger partial charge is 0.540 e. The van der Waals surface area contributed by atoms with Gasteiger partial charge in [-0.3, -0.25) is 10.4 Å². The summed E-state index contributed by atoms with van der Waals surface area (Å²) in [6.07, 6.45) is 5.22. The minimum atomic E-state index is -2.03. The third-order valence-corrected chi connectivity index (χ3v) is 11.3. The predicted octanol–water partition coefficient (Wildman–Crippen LogP) is 6.09. The summed E-state index contributed by atoms with van der Waals surface area (Å²) < 4.78 is 12.4. The monoisotopic (exact) mass is 399 g/mol. The highest BCUT2D eigenvalue weighted by molar-refractivity contribution is 6.78. The standard InChI is InChI=1S/C22H33N3O2Si/c1-16(2)28(17(3)4,18(5)6)27-21-9-8-19(14-22(21)26-7)15-24-25-20-10-12-23-13-11-20/h8-18H,1-7H3,(H,23,25). The van der Waals surface area contributed by atoms with E-state index in [2.05, 4.69) is 57.1 Å². The molecule has 0 saturated heterocycles. The van der Waals surface area contributed by atoms with Gasteiger partial charge in [0, 0.05) is 12.4 Å². The third-order valence-electron chi connectivity index (χ3n) is 5.27. The maximum absolute atomic E-state index is 6.78. The summed E-state index contributed by atoms with van der Waals surface area (Å²) in [4.78, 5) is 3.99. The highest BCUT2D eigenvalue weighted by Crippen LogP contribution is 2.44. The van der Waals surface area contributed by atoms with Crippen LogP contribution in [0.1, 0.15) is 47.1 Å². The molecule has 0 aliphatic heterocycles. The van der Waals surface area contributed by atoms with Crippen molar-refractivity contribution >= 4 is 20.2 Å². The number of hydrazone groups is 1. The smallest absolute Gasteiger partial charge is 0.258 e. The van der Waals surface area contributed by atoms with E-state index in [9.17, 15) is 0 Å². The molecule has 1 N–H and O–H groups in total. The molecule has 152 valence electrons. The summed E-state index contributed by atoms with van der Waals surface area (Å²) in [5, 5.41) is 4.29. The Bertz CT molecular complexity index is 755. The molecule has 6 heteroatoms. The molecule has 1 aromatic heterocycles. The lowest BCUT2D eigenvalue weighted by atomic mass is 10.2. The Morgan fingerprint density at radius 3 is 2.07 bits per heavy atom. The van der Waals surface area contributed by atoms with Gasteiger partial charge in [0.25, 0.3) is 8.32 Å². The van der Waals surface area contributed by atoms with Gasteiger partial charge in [0.15, 0.2) is 5.75 Å². The van der Waals surface area contributed by atoms with E-state index in [0.29, 0.717) is 16.6 Å². The molecule has 0 bridgehead atoms. The Labute approximate surface area is 170 Å². The first-order valence-corrected chi connectivity index (χ1v) is 12.0. The van der Waals surface area contributed by atoms with E-state index >= 15 is 0 Å². The van der Waals surface area contributed by atoms with Crippen LogP contribution in [0.4, 0.5) is 5.69 Å². The van der Waals surface area contributed by atoms with Gasteiger partial charge < -0.3 is 9.16 Å². The fraction of sp³-hybridized carbons (Fsp3) is 0.455. The van der Waals surface area contributed by atoms with Crippen LogP contribution < -0.4 is 14.6 Å². The van der Waals surface area contributed by atoms with Crippen LogP contribution in [0.25, 0.3) is 0 Å². The molecular formula is C22H33N3O2Si. The fourth-order valence-electron chi connectivity index (χ4n) is 4.00. The molecule has 0 fully saturated rings. The summed E-state index contributed by atoms with van der Waals surface area (Å²) in [6.45, 7) is 13.7. The van der Waals surface area contributed by atoms with Crippen LogP contribution in [0.3, 0.4) is 0 Å². The van der Waals surface area contributed by atoms with Gasteiger partial charge in [-0.25, -0.2) is 0 Å². The van der Waals surface area contributed by atoms with Crippen LogP contribution in [-0.2, 0) is 0 Å². The van der Waals surface area contributed by atoms with Crippen LogP contribution in [0, 0.1) is 0 Å². The summed E-state index contributed by atoms with van der Waals surface area (Å²) in [7, 11) is -0.353. The number of ether oxygens (including phenoxy) is 1. The zero-order chi connectivity index (χ0) is 20.7. The van der Waals surface area contributed by atoms with E-state index in [1.807, 2.05) is 30.3 Å². The molecule has 0 amide bonds. The van der Waals surface area contributed by atoms with Crippen LogP contribution in [0.5, 0.6) is 11.5 Å². The Morgan fingerprint density at radius 1 is 0.929 bits per heavy atom. The van der Waals surface area contributed by atoms with Gasteiger partial charge in [0.1, 0.15) is 5.75 Å². The lowest BCUT2D eigenvalue weighted by Crippen LogP contribution is -2.50. The van der Waals surface area contributed by atoms with E-state index in [1.54, 1.807) is 25.7 Å². The van der Waals surface area contributed by atoms with Gasteiger partial charge >= 0.3 is 0 Å². The lowest BCUT2D eigenvalue weighted by molar-refractivity contribution is 0.383. The molecule has 2 aromatic rings. The quantitative estimate of drug-likeness (QED) is 0.315. The van der Waals surface area contributed by atoms with Gasteiger partial charge in [-0.05, 0) is 52.5 Å². The number of pyridine rings is 1. The number of methoxy groups -OCH3 is 1. The lowest BCUT2D eigenvalue weighted by Gasteiger charge is -2.42. The molecule has 5 nitrogen and oxygen atoms in total. The molecule has 0 aliphatic carbocycles. The van der Waals surface area contributed by atoms with E-state index in [4.69, 9.17) is 9.16 Å². The number of rotatable bonds is 9. The number of hydrogen-bond donors (Lipinski definition) is 1. The van der Waals surface area contributed by atoms with Gasteiger partial charge in [-0.2, -0.15) is 5.10 Å². The molecule has 0 aliphatic rings. The minimum absolute atomic E-state index is 0.503. The molecular weight excluding hydrogens is 366 g/mol. The second-order valence-corrected chi connectivity index (χ2v) is 13.3. The van der Waals surface area contributed by atoms with Gasteiger partial charge in [-0.1, -0.05) is 41.5 Å². The maximum Gasteiger partial charge on any atom is 0.258 e. The Morgan fingerprint density at radius 2 is 1.54 bits per heavy atom. The zero-order valence-electron chi connectivity index (χ0n) is 18.1. The number of anilines is 1. The van der Waals surface area contributed by atoms with Crippen LogP contribution in [0.2, 0.25) is 16.6 Å². The second-order valence-electron chi connectivity index (χ2n) is 7.94. The summed E-state index contributed by atoms with van der Waals surface area (Å²) in [6, 6.07) is 9.70. The number of nitrogens with one attached hydrogen (secondary N) is 1. The third kappa shape index (κ3) is 4.92. The Kier molecular flexibility index (Phi) is 7.63. The van der Waals surface area contributed by atoms with E-state index in [0.717, 1.165) is 22.7 Å². The van der Waals surface area contributed by atoms with Crippen LogP contribution in [0.15, 0.2) is 47.8 Å². The number of aromatic nitrogens is 1. The Hall–Kier alpha value is -2.34. The number of hydrogen-bond acceptors (Lipinski definition) is 5. The van der Waals surface area contributed by atoms with Crippen molar-refractivity contribution in [3.8, 4) is 11.5 Å². The normalized spacial score (nSPS) is 12.2. The van der Waals surface area contributed by atoms with Gasteiger partial charge in [0.05, 0.1) is 19.0 Å². The van der Waals surface area contributed by atoms with Crippen molar-refractivity contribution in [3.05, 3.63) is 48.3 Å². The zero-order valence-corrected chi connectivity index (χ0v) is 19.1. The fourth-order valence-corrected chi connectivity index (χ4v) is 9.26. The summed E-state index contributed by atoms with van der Waals surface area (Å²) in [5.74, 6) is 1.57. The molecule has 0 spiro atoms. The summed E-state index contributed by atoms with van der Waals surface area (Å²) >= 11 is 0. The topological polar surface area (TPSA) is 55.7 Å². The molecule has 0 unspecified atom stereocenters. The van der Waals surface area contributed by atoms with Crippen molar-refractivity contribution in [3.63, 3.8) is 0 Å². The van der Waals surface area contributed by atoms with Crippen molar-refractivity contribution < 1.29 is 9.16 Å². The molecule has 28 heavy (non-hydrogen) atoms. The maximum atomic E-state index is 6.78. The number of benzene rings is 1. The first-order chi connectivity index (χ1) is 13.3. The van der Waals surface area contributed by atoms with Crippen LogP contribution in [-0.4, -0.2) is 26.6 Å². The van der Waals surface area contributed by atoms with Crippen molar-refractivity contribution in [1.29, 1.82) is 0 Å². The average Bonchev–Trinajstić information content (AvgIpc) is 2.66. The Balaban J connectivity index is 2.24. The predicted molar refractivity (Wildman–Crippen MR) is 120 cm³/mol. The van der Waals surface area contributed by atoms with Crippen molar-refractivity contribution in [2.24, 2.45) is 5.10 Å². The molecule has 0 atom stereocenters. The highest BCUT2D eigenvalue weighted by Gasteiger charge is 2.47. The molecule has 1 aromatic carbocycles. The van der Waals surface area contributed by atoms with Crippen molar-refractivity contribution in [2.75, 3.05) is 12.5 Å². The van der Waals surface area contributed by atoms with E-state index < -0.39 is 8.32 Å². The molecule has 0 radical (unpaired) electrons. The van der Waals surface area contributed by atoms with Crippen molar-refractivity contribution in [1.82, 2.24) is 4.98 Å². The SMILES string of the molecule is COc1cc(C=NNc2ccncc2)ccc1O[Si](C(C)C)(C(C)C)C(C)C. The average molecular weight is 400 g/mol. The van der Waals surface area contributed by atoms with Gasteiger partial charge in [-0.15, -0.1) is 0 Å². The van der Waals surface area contributed by atoms with Gasteiger partial charge in [0.2, 0.25) is 0 Å². The van der Waals surface area contributed by atoms with Crippen LogP contribution >= 0.6 is 0 Å². The first-order valence-electron chi connectivity index (χ1n) is 9.87. The van der Waals surface area contributed by atoms with Crippen molar-refractivity contribution in [2.45, 2.75) is 58.2 Å². The minimum Gasteiger partial charge on any atom is -0.540 e. The highest BCUT2D eigenvalue weighted by atomic mass is 28.4. The second kappa shape index (κ2) is 9.73.